The maximum Gasteiger partial charge on any atom is 0.251 e. The van der Waals surface area contributed by atoms with E-state index in [9.17, 15) is 14.7 Å². The third-order valence-corrected chi connectivity index (χ3v) is 11.9. The highest BCUT2D eigenvalue weighted by Gasteiger charge is 2.77. The molecule has 234 valence electrons. The summed E-state index contributed by atoms with van der Waals surface area (Å²) in [4.78, 5) is 49.6. The van der Waals surface area contributed by atoms with Crippen molar-refractivity contribution in [2.45, 2.75) is 62.6 Å². The Bertz CT molecular complexity index is 1430. The first-order chi connectivity index (χ1) is 21.2. The number of nitrogens with zero attached hydrogens (tertiary/aromatic N) is 3. The molecule has 5 rings (SSSR count). The van der Waals surface area contributed by atoms with E-state index >= 15 is 4.79 Å². The molecule has 0 radical (unpaired) electrons. The molecule has 8 heteroatoms. The monoisotopic (exact) mass is 615 g/mol. The first kappa shape index (κ1) is 32.0. The Balaban J connectivity index is 1.69. The Kier molecular flexibility index (Phi) is 9.42. The molecule has 3 heterocycles. The molecule has 3 aliphatic rings. The van der Waals surface area contributed by atoms with Crippen LogP contribution in [0.1, 0.15) is 49.4 Å². The summed E-state index contributed by atoms with van der Waals surface area (Å²) in [5.41, 5.74) is 3.50. The molecule has 7 nitrogen and oxygen atoms in total. The number of benzene rings is 2. The molecule has 7 atom stereocenters. The van der Waals surface area contributed by atoms with Gasteiger partial charge in [0.25, 0.3) is 5.91 Å². The van der Waals surface area contributed by atoms with E-state index < -0.39 is 28.7 Å². The van der Waals surface area contributed by atoms with Crippen LogP contribution >= 0.6 is 11.8 Å². The molecule has 3 aliphatic heterocycles. The van der Waals surface area contributed by atoms with Crippen molar-refractivity contribution in [2.24, 2.45) is 17.8 Å². The fraction of sp³-hybridized carbons (Fsp3) is 0.472. The molecular formula is C36H45N3O4S. The summed E-state index contributed by atoms with van der Waals surface area (Å²) in [6, 6.07) is 13.8. The van der Waals surface area contributed by atoms with Crippen LogP contribution < -0.4 is 4.90 Å². The van der Waals surface area contributed by atoms with Crippen LogP contribution in [0.15, 0.2) is 73.8 Å². The third kappa shape index (κ3) is 5.10. The van der Waals surface area contributed by atoms with Gasteiger partial charge in [0.15, 0.2) is 0 Å². The number of hydrogen-bond acceptors (Lipinski definition) is 5. The van der Waals surface area contributed by atoms with E-state index in [0.717, 1.165) is 35.2 Å². The number of thioether (sulfide) groups is 1. The lowest BCUT2D eigenvalue weighted by Gasteiger charge is -2.42. The fourth-order valence-corrected chi connectivity index (χ4v) is 10.3. The van der Waals surface area contributed by atoms with Gasteiger partial charge >= 0.3 is 0 Å². The topological polar surface area (TPSA) is 81.2 Å². The predicted octanol–water partition coefficient (Wildman–Crippen LogP) is 5.32. The molecule has 0 saturated carbocycles. The van der Waals surface area contributed by atoms with Crippen LogP contribution in [0.4, 0.5) is 5.69 Å². The number of carbonyl (C=O) groups excluding carboxylic acids is 3. The molecule has 2 aromatic carbocycles. The molecule has 3 fully saturated rings. The lowest BCUT2D eigenvalue weighted by Crippen LogP contribution is -2.58. The number of carbonyl (C=O) groups is 3. The lowest BCUT2D eigenvalue weighted by atomic mass is 9.65. The van der Waals surface area contributed by atoms with Crippen molar-refractivity contribution in [3.63, 3.8) is 0 Å². The first-order valence-corrected chi connectivity index (χ1v) is 16.6. The van der Waals surface area contributed by atoms with E-state index in [1.54, 1.807) is 33.7 Å². The van der Waals surface area contributed by atoms with Crippen LogP contribution in [-0.4, -0.2) is 74.9 Å². The average Bonchev–Trinajstić information content (AvgIpc) is 3.61. The number of fused-ring (bicyclic) bond motifs is 1. The summed E-state index contributed by atoms with van der Waals surface area (Å²) < 4.78 is -0.815. The number of aliphatic hydroxyl groups excluding tert-OH is 1. The molecule has 3 amide bonds. The second-order valence-corrected chi connectivity index (χ2v) is 14.1. The van der Waals surface area contributed by atoms with E-state index in [0.29, 0.717) is 13.1 Å². The number of aliphatic hydroxyl groups is 1. The summed E-state index contributed by atoms with van der Waals surface area (Å²) >= 11 is 1.66. The normalized spacial score (nSPS) is 27.6. The number of rotatable bonds is 12. The van der Waals surface area contributed by atoms with E-state index in [2.05, 4.69) is 20.1 Å². The van der Waals surface area contributed by atoms with E-state index in [-0.39, 0.29) is 42.0 Å². The van der Waals surface area contributed by atoms with Crippen molar-refractivity contribution < 1.29 is 19.5 Å². The summed E-state index contributed by atoms with van der Waals surface area (Å²) in [5, 5.41) is 10.8. The standard InChI is InChI=1S/C36H45N3O4S/c1-7-17-37(18-8-2)33(41)30-29-21-25(6)36(44-29)31(30)34(42)39(28(22-40)26-13-11-10-12-14-26)32(36)35(43)38(19-9-3)27-20-23(4)15-16-24(27)5/h7,9-16,20,25,28-32,40H,1,3,8,17-19,21-22H2,2,4-6H3/t25?,28-,29+,30-,31+,32?,36?/m1/s1. The maximum absolute atomic E-state index is 15.2. The van der Waals surface area contributed by atoms with Crippen LogP contribution in [0.5, 0.6) is 0 Å². The molecule has 3 saturated heterocycles. The van der Waals surface area contributed by atoms with Crippen molar-refractivity contribution in [3.05, 3.63) is 90.5 Å². The highest BCUT2D eigenvalue weighted by molar-refractivity contribution is 8.02. The highest BCUT2D eigenvalue weighted by atomic mass is 32.2. The van der Waals surface area contributed by atoms with E-state index in [1.165, 1.54) is 0 Å². The molecule has 2 bridgehead atoms. The van der Waals surface area contributed by atoms with Gasteiger partial charge in [-0.1, -0.05) is 68.5 Å². The van der Waals surface area contributed by atoms with Crippen molar-refractivity contribution in [3.8, 4) is 0 Å². The van der Waals surface area contributed by atoms with Gasteiger partial charge in [-0.05, 0) is 55.4 Å². The Hall–Kier alpha value is -3.36. The first-order valence-electron chi connectivity index (χ1n) is 15.7. The lowest BCUT2D eigenvalue weighted by molar-refractivity contribution is -0.145. The molecule has 1 N–H and O–H groups in total. The quantitative estimate of drug-likeness (QED) is 0.327. The van der Waals surface area contributed by atoms with Crippen molar-refractivity contribution in [1.29, 1.82) is 0 Å². The minimum atomic E-state index is -0.876. The van der Waals surface area contributed by atoms with Gasteiger partial charge in [-0.15, -0.1) is 24.9 Å². The Morgan fingerprint density at radius 1 is 1.11 bits per heavy atom. The molecule has 2 aromatic rings. The molecule has 0 aliphatic carbocycles. The minimum Gasteiger partial charge on any atom is -0.394 e. The largest absolute Gasteiger partial charge is 0.394 e. The molecule has 3 unspecified atom stereocenters. The minimum absolute atomic E-state index is 0.00721. The number of anilines is 1. The Morgan fingerprint density at radius 2 is 1.82 bits per heavy atom. The van der Waals surface area contributed by atoms with Crippen LogP contribution in [0.3, 0.4) is 0 Å². The van der Waals surface area contributed by atoms with Gasteiger partial charge in [-0.3, -0.25) is 14.4 Å². The molecule has 44 heavy (non-hydrogen) atoms. The van der Waals surface area contributed by atoms with Crippen LogP contribution in [0, 0.1) is 31.6 Å². The summed E-state index contributed by atoms with van der Waals surface area (Å²) in [6.45, 7) is 16.9. The van der Waals surface area contributed by atoms with Gasteiger partial charge in [0.05, 0.1) is 29.2 Å². The van der Waals surface area contributed by atoms with Crippen LogP contribution in [-0.2, 0) is 14.4 Å². The van der Waals surface area contributed by atoms with E-state index in [1.807, 2.05) is 74.2 Å². The second kappa shape index (κ2) is 12.9. The van der Waals surface area contributed by atoms with Crippen LogP contribution in [0.25, 0.3) is 0 Å². The van der Waals surface area contributed by atoms with Gasteiger partial charge in [0.2, 0.25) is 11.8 Å². The smallest absolute Gasteiger partial charge is 0.251 e. The predicted molar refractivity (Wildman–Crippen MR) is 177 cm³/mol. The van der Waals surface area contributed by atoms with Crippen molar-refractivity contribution in [1.82, 2.24) is 9.80 Å². The van der Waals surface area contributed by atoms with Gasteiger partial charge in [-0.25, -0.2) is 0 Å². The third-order valence-electron chi connectivity index (χ3n) is 9.78. The number of likely N-dealkylation sites (tertiary alicyclic amines) is 1. The van der Waals surface area contributed by atoms with Gasteiger partial charge in [0.1, 0.15) is 6.04 Å². The van der Waals surface area contributed by atoms with E-state index in [4.69, 9.17) is 0 Å². The average molecular weight is 616 g/mol. The molecule has 1 spiro atoms. The zero-order valence-corrected chi connectivity index (χ0v) is 27.1. The fourth-order valence-electron chi connectivity index (χ4n) is 7.91. The zero-order chi connectivity index (χ0) is 31.8. The zero-order valence-electron chi connectivity index (χ0n) is 26.3. The number of amides is 3. The summed E-state index contributed by atoms with van der Waals surface area (Å²) in [6.07, 6.45) is 4.99. The molecular weight excluding hydrogens is 570 g/mol. The highest BCUT2D eigenvalue weighted by Crippen LogP contribution is 2.69. The number of aryl methyl sites for hydroxylation is 2. The second-order valence-electron chi connectivity index (χ2n) is 12.5. The summed E-state index contributed by atoms with van der Waals surface area (Å²) in [5.74, 6) is -1.67. The maximum atomic E-state index is 15.2. The van der Waals surface area contributed by atoms with Crippen molar-refractivity contribution in [2.75, 3.05) is 31.1 Å². The summed E-state index contributed by atoms with van der Waals surface area (Å²) in [7, 11) is 0. The van der Waals surface area contributed by atoms with Crippen molar-refractivity contribution >= 4 is 35.2 Å². The van der Waals surface area contributed by atoms with Gasteiger partial charge in [0, 0.05) is 30.6 Å². The van der Waals surface area contributed by atoms with Gasteiger partial charge in [-0.2, -0.15) is 0 Å². The number of hydrogen-bond donors (Lipinski definition) is 1. The Morgan fingerprint density at radius 3 is 2.45 bits per heavy atom. The van der Waals surface area contributed by atoms with Gasteiger partial charge < -0.3 is 19.8 Å². The van der Waals surface area contributed by atoms with Crippen LogP contribution in [0.2, 0.25) is 0 Å². The SMILES string of the molecule is C=CCN(CCC)C(=O)[C@@H]1[C@@H]2CC(C)C3(S2)C(C(=O)N(CC=C)c2cc(C)ccc2C)N([C@H](CO)c2ccccc2)C(=O)[C@H]13. The molecule has 0 aromatic heterocycles. The Labute approximate surface area is 266 Å².